The van der Waals surface area contributed by atoms with E-state index < -0.39 is 0 Å². The second-order valence-corrected chi connectivity index (χ2v) is 6.29. The Hall–Kier alpha value is -1.36. The predicted molar refractivity (Wildman–Crippen MR) is 80.9 cm³/mol. The number of amides is 2. The maximum atomic E-state index is 12.4. The van der Waals surface area contributed by atoms with Crippen LogP contribution in [0.1, 0.15) is 25.3 Å². The first kappa shape index (κ1) is 15.0. The number of halogens is 1. The van der Waals surface area contributed by atoms with E-state index in [0.717, 1.165) is 22.9 Å². The molecule has 1 aromatic rings. The second kappa shape index (κ2) is 6.39. The van der Waals surface area contributed by atoms with E-state index in [-0.39, 0.29) is 23.8 Å². The molecule has 1 fully saturated rings. The van der Waals surface area contributed by atoms with Crippen LogP contribution in [0, 0.1) is 5.92 Å². The predicted octanol–water partition coefficient (Wildman–Crippen LogP) is 2.10. The zero-order valence-electron chi connectivity index (χ0n) is 11.5. The number of primary amides is 1. The highest BCUT2D eigenvalue weighted by atomic mass is 79.9. The fourth-order valence-electron chi connectivity index (χ4n) is 2.57. The smallest absolute Gasteiger partial charge is 0.227 e. The molecule has 0 saturated carbocycles. The third kappa shape index (κ3) is 3.60. The monoisotopic (exact) mass is 338 g/mol. The number of carbonyl (C=O) groups excluding carboxylic acids is 2. The van der Waals surface area contributed by atoms with Crippen molar-refractivity contribution >= 4 is 27.7 Å². The third-order valence-corrected chi connectivity index (χ3v) is 4.40. The fourth-order valence-corrected chi connectivity index (χ4v) is 2.83. The average Bonchev–Trinajstić information content (AvgIpc) is 2.41. The summed E-state index contributed by atoms with van der Waals surface area (Å²) in [7, 11) is 0. The Kier molecular flexibility index (Phi) is 4.81. The maximum Gasteiger partial charge on any atom is 0.227 e. The van der Waals surface area contributed by atoms with Gasteiger partial charge in [-0.15, -0.1) is 0 Å². The van der Waals surface area contributed by atoms with Crippen LogP contribution in [-0.2, 0) is 16.0 Å². The molecule has 2 N–H and O–H groups in total. The lowest BCUT2D eigenvalue weighted by Gasteiger charge is -2.37. The average molecular weight is 339 g/mol. The third-order valence-electron chi connectivity index (χ3n) is 3.87. The van der Waals surface area contributed by atoms with Crippen LogP contribution >= 0.6 is 15.9 Å². The largest absolute Gasteiger partial charge is 0.369 e. The molecule has 1 aliphatic heterocycles. The van der Waals surface area contributed by atoms with Crippen molar-refractivity contribution in [1.29, 1.82) is 0 Å². The van der Waals surface area contributed by atoms with Crippen LogP contribution in [0.4, 0.5) is 0 Å². The zero-order valence-corrected chi connectivity index (χ0v) is 13.1. The molecule has 4 nitrogen and oxygen atoms in total. The molecule has 2 atom stereocenters. The number of rotatable bonds is 3. The van der Waals surface area contributed by atoms with Crippen LogP contribution in [0.15, 0.2) is 28.7 Å². The highest BCUT2D eigenvalue weighted by molar-refractivity contribution is 9.10. The number of likely N-dealkylation sites (tertiary alicyclic amines) is 1. The lowest BCUT2D eigenvalue weighted by atomic mass is 9.92. The van der Waals surface area contributed by atoms with Gasteiger partial charge in [0.1, 0.15) is 0 Å². The van der Waals surface area contributed by atoms with Gasteiger partial charge in [0, 0.05) is 17.1 Å². The quantitative estimate of drug-likeness (QED) is 0.917. The van der Waals surface area contributed by atoms with E-state index in [1.54, 1.807) is 4.90 Å². The molecule has 2 amide bonds. The van der Waals surface area contributed by atoms with Crippen LogP contribution < -0.4 is 5.73 Å². The Balaban J connectivity index is 2.03. The minimum atomic E-state index is -0.307. The van der Waals surface area contributed by atoms with Crippen molar-refractivity contribution in [2.45, 2.75) is 32.2 Å². The van der Waals surface area contributed by atoms with Gasteiger partial charge in [-0.1, -0.05) is 28.1 Å². The standard InChI is InChI=1S/C15H19BrN2O2/c1-10-2-5-12(15(17)20)9-18(10)14(19)8-11-3-6-13(16)7-4-11/h3-4,6-7,10,12H,2,5,8-9H2,1H3,(H2,17,20)/t10-,12-/m0/s1. The normalized spacial score (nSPS) is 22.6. The van der Waals surface area contributed by atoms with E-state index in [4.69, 9.17) is 5.73 Å². The summed E-state index contributed by atoms with van der Waals surface area (Å²) in [4.78, 5) is 25.5. The SMILES string of the molecule is C[C@H]1CC[C@H](C(N)=O)CN1C(=O)Cc1ccc(Br)cc1. The number of nitrogens with two attached hydrogens (primary N) is 1. The topological polar surface area (TPSA) is 63.4 Å². The number of benzene rings is 1. The molecule has 1 heterocycles. The van der Waals surface area contributed by atoms with E-state index in [0.29, 0.717) is 13.0 Å². The lowest BCUT2D eigenvalue weighted by Crippen LogP contribution is -2.49. The summed E-state index contributed by atoms with van der Waals surface area (Å²) < 4.78 is 0.994. The van der Waals surface area contributed by atoms with Crippen LogP contribution in [0.5, 0.6) is 0 Å². The molecule has 20 heavy (non-hydrogen) atoms. The van der Waals surface area contributed by atoms with E-state index in [1.165, 1.54) is 0 Å². The molecule has 0 bridgehead atoms. The van der Waals surface area contributed by atoms with Crippen molar-refractivity contribution in [2.75, 3.05) is 6.54 Å². The van der Waals surface area contributed by atoms with E-state index in [2.05, 4.69) is 15.9 Å². The van der Waals surface area contributed by atoms with Gasteiger partial charge >= 0.3 is 0 Å². The van der Waals surface area contributed by atoms with Crippen molar-refractivity contribution in [3.63, 3.8) is 0 Å². The minimum absolute atomic E-state index is 0.0609. The van der Waals surface area contributed by atoms with Gasteiger partial charge in [0.2, 0.25) is 11.8 Å². The van der Waals surface area contributed by atoms with Crippen LogP contribution in [0.25, 0.3) is 0 Å². The summed E-state index contributed by atoms with van der Waals surface area (Å²) in [6.07, 6.45) is 1.97. The van der Waals surface area contributed by atoms with E-state index in [9.17, 15) is 9.59 Å². The first-order chi connectivity index (χ1) is 9.47. The summed E-state index contributed by atoms with van der Waals surface area (Å²) in [5, 5.41) is 0. The Morgan fingerprint density at radius 1 is 1.30 bits per heavy atom. The number of nitrogens with zero attached hydrogens (tertiary/aromatic N) is 1. The Morgan fingerprint density at radius 2 is 1.95 bits per heavy atom. The molecule has 0 unspecified atom stereocenters. The van der Waals surface area contributed by atoms with Crippen LogP contribution in [0.2, 0.25) is 0 Å². The summed E-state index contributed by atoms with van der Waals surface area (Å²) in [6, 6.07) is 7.89. The highest BCUT2D eigenvalue weighted by Crippen LogP contribution is 2.22. The molecule has 0 radical (unpaired) electrons. The first-order valence-corrected chi connectivity index (χ1v) is 7.60. The molecule has 1 aromatic carbocycles. The summed E-state index contributed by atoms with van der Waals surface area (Å²) >= 11 is 3.37. The molecule has 0 aromatic heterocycles. The number of hydrogen-bond acceptors (Lipinski definition) is 2. The van der Waals surface area contributed by atoms with Gasteiger partial charge in [0.25, 0.3) is 0 Å². The van der Waals surface area contributed by atoms with Crippen molar-refractivity contribution in [1.82, 2.24) is 4.90 Å². The second-order valence-electron chi connectivity index (χ2n) is 5.38. The molecular formula is C15H19BrN2O2. The Labute approximate surface area is 127 Å². The molecule has 1 aliphatic rings. The van der Waals surface area contributed by atoms with Crippen molar-refractivity contribution in [2.24, 2.45) is 11.7 Å². The van der Waals surface area contributed by atoms with E-state index >= 15 is 0 Å². The maximum absolute atomic E-state index is 12.4. The Bertz CT molecular complexity index is 501. The summed E-state index contributed by atoms with van der Waals surface area (Å²) in [5.74, 6) is -0.454. The number of carbonyl (C=O) groups is 2. The van der Waals surface area contributed by atoms with Crippen molar-refractivity contribution < 1.29 is 9.59 Å². The van der Waals surface area contributed by atoms with Gasteiger partial charge in [-0.3, -0.25) is 9.59 Å². The fraction of sp³-hybridized carbons (Fsp3) is 0.467. The summed E-state index contributed by atoms with van der Waals surface area (Å²) in [6.45, 7) is 2.47. The van der Waals surface area contributed by atoms with Gasteiger partial charge in [-0.05, 0) is 37.5 Å². The molecule has 2 rings (SSSR count). The van der Waals surface area contributed by atoms with Gasteiger partial charge in [0.15, 0.2) is 0 Å². The number of piperidine rings is 1. The lowest BCUT2D eigenvalue weighted by molar-refractivity contribution is -0.136. The number of hydrogen-bond donors (Lipinski definition) is 1. The highest BCUT2D eigenvalue weighted by Gasteiger charge is 2.31. The van der Waals surface area contributed by atoms with E-state index in [1.807, 2.05) is 31.2 Å². The van der Waals surface area contributed by atoms with Gasteiger partial charge in [0.05, 0.1) is 12.3 Å². The minimum Gasteiger partial charge on any atom is -0.369 e. The zero-order chi connectivity index (χ0) is 14.7. The van der Waals surface area contributed by atoms with Gasteiger partial charge in [-0.25, -0.2) is 0 Å². The Morgan fingerprint density at radius 3 is 2.55 bits per heavy atom. The molecular weight excluding hydrogens is 320 g/mol. The first-order valence-electron chi connectivity index (χ1n) is 6.80. The van der Waals surface area contributed by atoms with Crippen LogP contribution in [0.3, 0.4) is 0 Å². The molecule has 0 spiro atoms. The van der Waals surface area contributed by atoms with Crippen LogP contribution in [-0.4, -0.2) is 29.3 Å². The molecule has 108 valence electrons. The molecule has 1 saturated heterocycles. The summed E-state index contributed by atoms with van der Waals surface area (Å²) in [5.41, 5.74) is 6.34. The van der Waals surface area contributed by atoms with Crippen molar-refractivity contribution in [3.05, 3.63) is 34.3 Å². The van der Waals surface area contributed by atoms with Crippen molar-refractivity contribution in [3.8, 4) is 0 Å². The molecule has 5 heteroatoms. The van der Waals surface area contributed by atoms with Gasteiger partial charge in [-0.2, -0.15) is 0 Å². The van der Waals surface area contributed by atoms with Gasteiger partial charge < -0.3 is 10.6 Å². The molecule has 0 aliphatic carbocycles.